The Labute approximate surface area is 99.8 Å². The first-order chi connectivity index (χ1) is 8.00. The molecule has 2 aliphatic rings. The number of imide groups is 1. The minimum atomic E-state index is -0.892. The standard InChI is InChI=1S/C12H17NO4/c1-7(2-5-10(14)15)13-11(16)8-3-4-9(6-8)12(13)17/h7-9H,2-6H2,1H3,(H,14,15). The van der Waals surface area contributed by atoms with Crippen LogP contribution in [0.5, 0.6) is 0 Å². The molecule has 17 heavy (non-hydrogen) atoms. The van der Waals surface area contributed by atoms with Crippen molar-refractivity contribution in [2.75, 3.05) is 0 Å². The van der Waals surface area contributed by atoms with Crippen molar-refractivity contribution in [3.8, 4) is 0 Å². The second kappa shape index (κ2) is 4.47. The number of nitrogens with zero attached hydrogens (tertiary/aromatic N) is 1. The SMILES string of the molecule is CC(CCC(=O)O)N1C(=O)C2CCC(C2)C1=O. The second-order valence-corrected chi connectivity index (χ2v) is 5.03. The summed E-state index contributed by atoms with van der Waals surface area (Å²) in [5, 5.41) is 8.62. The van der Waals surface area contributed by atoms with Gasteiger partial charge in [-0.1, -0.05) is 0 Å². The van der Waals surface area contributed by atoms with Crippen LogP contribution < -0.4 is 0 Å². The first kappa shape index (κ1) is 12.1. The molecule has 1 saturated heterocycles. The van der Waals surface area contributed by atoms with Crippen LogP contribution in [-0.2, 0) is 14.4 Å². The third-order valence-corrected chi connectivity index (χ3v) is 3.82. The van der Waals surface area contributed by atoms with Gasteiger partial charge < -0.3 is 5.11 Å². The lowest BCUT2D eigenvalue weighted by molar-refractivity contribution is -0.156. The Morgan fingerprint density at radius 2 is 1.88 bits per heavy atom. The maximum absolute atomic E-state index is 12.0. The molecule has 1 N–H and O–H groups in total. The van der Waals surface area contributed by atoms with Crippen LogP contribution in [0.1, 0.15) is 39.0 Å². The minimum absolute atomic E-state index is 0.00639. The normalized spacial score (nSPS) is 29.6. The molecule has 2 fully saturated rings. The fraction of sp³-hybridized carbons (Fsp3) is 0.750. The maximum Gasteiger partial charge on any atom is 0.303 e. The summed E-state index contributed by atoms with van der Waals surface area (Å²) in [5.74, 6) is -1.10. The number of carbonyl (C=O) groups excluding carboxylic acids is 2. The summed E-state index contributed by atoms with van der Waals surface area (Å²) in [7, 11) is 0. The average molecular weight is 239 g/mol. The fourth-order valence-electron chi connectivity index (χ4n) is 2.83. The minimum Gasteiger partial charge on any atom is -0.481 e. The van der Waals surface area contributed by atoms with Gasteiger partial charge >= 0.3 is 5.97 Å². The van der Waals surface area contributed by atoms with Crippen molar-refractivity contribution in [3.63, 3.8) is 0 Å². The highest BCUT2D eigenvalue weighted by atomic mass is 16.4. The lowest BCUT2D eigenvalue weighted by Gasteiger charge is -2.34. The van der Waals surface area contributed by atoms with Gasteiger partial charge in [0.15, 0.2) is 0 Å². The molecular formula is C12H17NO4. The second-order valence-electron chi connectivity index (χ2n) is 5.03. The molecule has 1 heterocycles. The van der Waals surface area contributed by atoms with E-state index in [1.165, 1.54) is 4.90 Å². The van der Waals surface area contributed by atoms with Gasteiger partial charge in [-0.25, -0.2) is 0 Å². The van der Waals surface area contributed by atoms with Crippen LogP contribution in [-0.4, -0.2) is 33.8 Å². The number of piperidine rings is 1. The molecule has 2 bridgehead atoms. The number of likely N-dealkylation sites (tertiary alicyclic amines) is 1. The zero-order valence-corrected chi connectivity index (χ0v) is 9.89. The van der Waals surface area contributed by atoms with Crippen LogP contribution in [0.4, 0.5) is 0 Å². The summed E-state index contributed by atoms with van der Waals surface area (Å²) < 4.78 is 0. The molecule has 2 rings (SSSR count). The number of amides is 2. The van der Waals surface area contributed by atoms with E-state index in [0.29, 0.717) is 12.8 Å². The first-order valence-electron chi connectivity index (χ1n) is 6.09. The highest BCUT2D eigenvalue weighted by Crippen LogP contribution is 2.39. The lowest BCUT2D eigenvalue weighted by Crippen LogP contribution is -2.50. The van der Waals surface area contributed by atoms with E-state index in [4.69, 9.17) is 5.11 Å². The molecule has 3 atom stereocenters. The smallest absolute Gasteiger partial charge is 0.303 e. The number of aliphatic carboxylic acids is 1. The molecule has 0 aromatic carbocycles. The Kier molecular flexibility index (Phi) is 3.17. The lowest BCUT2D eigenvalue weighted by atomic mass is 9.95. The van der Waals surface area contributed by atoms with Crippen molar-refractivity contribution in [1.29, 1.82) is 0 Å². The number of hydrogen-bond acceptors (Lipinski definition) is 3. The van der Waals surface area contributed by atoms with Gasteiger partial charge in [-0.05, 0) is 32.6 Å². The van der Waals surface area contributed by atoms with Gasteiger partial charge in [0.1, 0.15) is 0 Å². The van der Waals surface area contributed by atoms with Crippen molar-refractivity contribution < 1.29 is 19.5 Å². The molecular weight excluding hydrogens is 222 g/mol. The van der Waals surface area contributed by atoms with Gasteiger partial charge in [-0.3, -0.25) is 19.3 Å². The van der Waals surface area contributed by atoms with Crippen LogP contribution in [0.3, 0.4) is 0 Å². The number of rotatable bonds is 4. The van der Waals surface area contributed by atoms with Crippen LogP contribution >= 0.6 is 0 Å². The van der Waals surface area contributed by atoms with Gasteiger partial charge in [0.2, 0.25) is 11.8 Å². The number of carboxylic acid groups (broad SMARTS) is 1. The van der Waals surface area contributed by atoms with E-state index in [0.717, 1.165) is 12.8 Å². The Morgan fingerprint density at radius 3 is 2.35 bits per heavy atom. The van der Waals surface area contributed by atoms with Gasteiger partial charge in [-0.15, -0.1) is 0 Å². The monoisotopic (exact) mass is 239 g/mol. The van der Waals surface area contributed by atoms with Gasteiger partial charge in [0.05, 0.1) is 0 Å². The van der Waals surface area contributed by atoms with E-state index in [2.05, 4.69) is 0 Å². The number of fused-ring (bicyclic) bond motifs is 2. The molecule has 5 nitrogen and oxygen atoms in total. The van der Waals surface area contributed by atoms with Crippen molar-refractivity contribution in [1.82, 2.24) is 4.90 Å². The van der Waals surface area contributed by atoms with Gasteiger partial charge in [-0.2, -0.15) is 0 Å². The van der Waals surface area contributed by atoms with Crippen molar-refractivity contribution in [2.45, 2.75) is 45.1 Å². The zero-order chi connectivity index (χ0) is 12.6. The topological polar surface area (TPSA) is 74.7 Å². The van der Waals surface area contributed by atoms with E-state index in [-0.39, 0.29) is 36.1 Å². The predicted molar refractivity (Wildman–Crippen MR) is 59.0 cm³/mol. The summed E-state index contributed by atoms with van der Waals surface area (Å²) in [6.45, 7) is 1.75. The van der Waals surface area contributed by atoms with Crippen molar-refractivity contribution >= 4 is 17.8 Å². The maximum atomic E-state index is 12.0. The highest BCUT2D eigenvalue weighted by Gasteiger charge is 2.46. The molecule has 1 aliphatic heterocycles. The Balaban J connectivity index is 2.06. The third-order valence-electron chi connectivity index (χ3n) is 3.82. The third kappa shape index (κ3) is 2.18. The molecule has 5 heteroatoms. The van der Waals surface area contributed by atoms with Gasteiger partial charge in [0.25, 0.3) is 0 Å². The molecule has 0 aromatic rings. The van der Waals surface area contributed by atoms with E-state index in [1.807, 2.05) is 0 Å². The Bertz CT molecular complexity index is 344. The van der Waals surface area contributed by atoms with E-state index >= 15 is 0 Å². The molecule has 0 spiro atoms. The summed E-state index contributed by atoms with van der Waals surface area (Å²) >= 11 is 0. The van der Waals surface area contributed by atoms with Crippen LogP contribution in [0.2, 0.25) is 0 Å². The van der Waals surface area contributed by atoms with E-state index in [1.54, 1.807) is 6.92 Å². The average Bonchev–Trinajstić information content (AvgIpc) is 2.71. The summed E-state index contributed by atoms with van der Waals surface area (Å²) in [6, 6.07) is -0.297. The highest BCUT2D eigenvalue weighted by molar-refractivity contribution is 6.01. The summed E-state index contributed by atoms with van der Waals surface area (Å²) in [5.41, 5.74) is 0. The Hall–Kier alpha value is -1.39. The molecule has 0 radical (unpaired) electrons. The molecule has 3 unspecified atom stereocenters. The Morgan fingerprint density at radius 1 is 1.35 bits per heavy atom. The number of hydrogen-bond donors (Lipinski definition) is 1. The van der Waals surface area contributed by atoms with Crippen molar-refractivity contribution in [2.24, 2.45) is 11.8 Å². The summed E-state index contributed by atoms with van der Waals surface area (Å²) in [4.78, 5) is 35.9. The van der Waals surface area contributed by atoms with Crippen LogP contribution in [0.25, 0.3) is 0 Å². The predicted octanol–water partition coefficient (Wildman–Crippen LogP) is 1.02. The van der Waals surface area contributed by atoms with E-state index < -0.39 is 5.97 Å². The molecule has 2 amide bonds. The molecule has 94 valence electrons. The fourth-order valence-corrected chi connectivity index (χ4v) is 2.83. The van der Waals surface area contributed by atoms with Crippen LogP contribution in [0.15, 0.2) is 0 Å². The van der Waals surface area contributed by atoms with Crippen molar-refractivity contribution in [3.05, 3.63) is 0 Å². The molecule has 1 aliphatic carbocycles. The van der Waals surface area contributed by atoms with E-state index in [9.17, 15) is 14.4 Å². The quantitative estimate of drug-likeness (QED) is 0.743. The molecule has 0 aromatic heterocycles. The van der Waals surface area contributed by atoms with Crippen LogP contribution in [0, 0.1) is 11.8 Å². The summed E-state index contributed by atoms with van der Waals surface area (Å²) in [6.07, 6.45) is 2.63. The number of carboxylic acids is 1. The van der Waals surface area contributed by atoms with Gasteiger partial charge in [0, 0.05) is 24.3 Å². The zero-order valence-electron chi connectivity index (χ0n) is 9.89. The first-order valence-corrected chi connectivity index (χ1v) is 6.09. The number of carbonyl (C=O) groups is 3. The molecule has 1 saturated carbocycles. The largest absolute Gasteiger partial charge is 0.481 e.